The smallest absolute Gasteiger partial charge is 0.260 e. The zero-order valence-electron chi connectivity index (χ0n) is 14.2. The summed E-state index contributed by atoms with van der Waals surface area (Å²) in [4.78, 5) is 26.4. The summed E-state index contributed by atoms with van der Waals surface area (Å²) in [7, 11) is 0. The van der Waals surface area contributed by atoms with Crippen LogP contribution < -0.4 is 15.5 Å². The molecule has 6 nitrogen and oxygen atoms in total. The lowest BCUT2D eigenvalue weighted by molar-refractivity contribution is -0.114. The van der Waals surface area contributed by atoms with Gasteiger partial charge in [-0.2, -0.15) is 0 Å². The second-order valence-corrected chi connectivity index (χ2v) is 6.18. The van der Waals surface area contributed by atoms with Gasteiger partial charge in [0.1, 0.15) is 0 Å². The number of carbonyl (C=O) groups excluding carboxylic acids is 2. The number of hydrogen-bond donors (Lipinski definition) is 2. The summed E-state index contributed by atoms with van der Waals surface area (Å²) in [5.74, 6) is -0.760. The molecule has 0 saturated carbocycles. The third-order valence-electron chi connectivity index (χ3n) is 4.56. The number of anilines is 2. The van der Waals surface area contributed by atoms with Crippen LogP contribution in [0.3, 0.4) is 0 Å². The van der Waals surface area contributed by atoms with Gasteiger partial charge in [-0.1, -0.05) is 18.2 Å². The van der Waals surface area contributed by atoms with Gasteiger partial charge in [0.2, 0.25) is 0 Å². The molecule has 2 amide bonds. The summed E-state index contributed by atoms with van der Waals surface area (Å²) in [5.41, 5.74) is 3.61. The molecular weight excluding hydrogens is 330 g/mol. The number of nitrogens with zero attached hydrogens (tertiary/aromatic N) is 1. The topological polar surface area (TPSA) is 70.7 Å². The van der Waals surface area contributed by atoms with Gasteiger partial charge in [0.05, 0.1) is 18.8 Å². The minimum atomic E-state index is -0.397. The van der Waals surface area contributed by atoms with Crippen LogP contribution in [0.1, 0.15) is 15.9 Å². The second kappa shape index (κ2) is 7.01. The molecule has 1 fully saturated rings. The molecule has 0 radical (unpaired) electrons. The molecule has 0 atom stereocenters. The third kappa shape index (κ3) is 3.19. The van der Waals surface area contributed by atoms with Gasteiger partial charge in [-0.3, -0.25) is 14.9 Å². The van der Waals surface area contributed by atoms with Crippen LogP contribution in [0.2, 0.25) is 0 Å². The van der Waals surface area contributed by atoms with Crippen LogP contribution >= 0.6 is 0 Å². The molecule has 26 heavy (non-hydrogen) atoms. The fourth-order valence-electron chi connectivity index (χ4n) is 3.16. The lowest BCUT2D eigenvalue weighted by Crippen LogP contribution is -2.36. The van der Waals surface area contributed by atoms with E-state index in [1.807, 2.05) is 30.3 Å². The number of morpholine rings is 1. The van der Waals surface area contributed by atoms with E-state index in [1.54, 1.807) is 24.4 Å². The first kappa shape index (κ1) is 16.4. The van der Waals surface area contributed by atoms with Gasteiger partial charge < -0.3 is 15.0 Å². The van der Waals surface area contributed by atoms with Crippen LogP contribution in [0.4, 0.5) is 11.4 Å². The number of carbonyl (C=O) groups is 2. The molecule has 0 aromatic heterocycles. The predicted octanol–water partition coefficient (Wildman–Crippen LogP) is 2.25. The molecule has 2 aliphatic heterocycles. The van der Waals surface area contributed by atoms with Crippen molar-refractivity contribution in [3.8, 4) is 0 Å². The molecule has 2 N–H and O–H groups in total. The highest BCUT2D eigenvalue weighted by Crippen LogP contribution is 2.24. The summed E-state index contributed by atoms with van der Waals surface area (Å²) in [6.07, 6.45) is 1.64. The van der Waals surface area contributed by atoms with Gasteiger partial charge in [-0.25, -0.2) is 0 Å². The minimum absolute atomic E-state index is 0.363. The van der Waals surface area contributed by atoms with E-state index in [4.69, 9.17) is 4.74 Å². The Labute approximate surface area is 151 Å². The number of benzene rings is 2. The monoisotopic (exact) mass is 349 g/mol. The van der Waals surface area contributed by atoms with Gasteiger partial charge >= 0.3 is 0 Å². The number of amides is 2. The predicted molar refractivity (Wildman–Crippen MR) is 100.0 cm³/mol. The van der Waals surface area contributed by atoms with Crippen molar-refractivity contribution in [2.24, 2.45) is 0 Å². The molecule has 0 bridgehead atoms. The fourth-order valence-corrected chi connectivity index (χ4v) is 3.16. The molecule has 0 aliphatic carbocycles. The standard InChI is InChI=1S/C20H19N3O3/c24-19-17-4-2-1-3-16(17)18(20(25)22-19)13-21-14-5-7-15(8-6-14)23-9-11-26-12-10-23/h1-8,13,21H,9-12H2,(H,22,24,25)/b18-13-. The average molecular weight is 349 g/mol. The zero-order valence-corrected chi connectivity index (χ0v) is 14.2. The Morgan fingerprint density at radius 1 is 0.923 bits per heavy atom. The summed E-state index contributed by atoms with van der Waals surface area (Å²) in [6, 6.07) is 15.1. The van der Waals surface area contributed by atoms with E-state index in [2.05, 4.69) is 15.5 Å². The Morgan fingerprint density at radius 3 is 2.35 bits per heavy atom. The van der Waals surface area contributed by atoms with E-state index in [-0.39, 0.29) is 5.91 Å². The van der Waals surface area contributed by atoms with Crippen molar-refractivity contribution in [2.45, 2.75) is 0 Å². The molecule has 4 rings (SSSR count). The van der Waals surface area contributed by atoms with E-state index < -0.39 is 5.91 Å². The number of rotatable bonds is 3. The molecule has 2 aromatic carbocycles. The van der Waals surface area contributed by atoms with Gasteiger partial charge in [-0.05, 0) is 30.3 Å². The Morgan fingerprint density at radius 2 is 1.62 bits per heavy atom. The van der Waals surface area contributed by atoms with Crippen LogP contribution in [0, 0.1) is 0 Å². The minimum Gasteiger partial charge on any atom is -0.378 e. The lowest BCUT2D eigenvalue weighted by Gasteiger charge is -2.28. The van der Waals surface area contributed by atoms with Crippen molar-refractivity contribution < 1.29 is 14.3 Å². The van der Waals surface area contributed by atoms with E-state index >= 15 is 0 Å². The number of hydrogen-bond acceptors (Lipinski definition) is 5. The van der Waals surface area contributed by atoms with E-state index in [0.29, 0.717) is 16.7 Å². The van der Waals surface area contributed by atoms with Crippen LogP contribution in [0.25, 0.3) is 5.57 Å². The Bertz CT molecular complexity index is 868. The largest absolute Gasteiger partial charge is 0.378 e. The van der Waals surface area contributed by atoms with E-state index in [0.717, 1.165) is 37.7 Å². The van der Waals surface area contributed by atoms with Crippen LogP contribution in [0.15, 0.2) is 54.7 Å². The summed E-state index contributed by atoms with van der Waals surface area (Å²) in [5, 5.41) is 5.52. The first-order chi connectivity index (χ1) is 12.7. The molecule has 0 spiro atoms. The summed E-state index contributed by atoms with van der Waals surface area (Å²) in [6.45, 7) is 3.28. The SMILES string of the molecule is O=C1NC(=O)c2ccccc2/C1=C/Nc1ccc(N2CCOCC2)cc1. The van der Waals surface area contributed by atoms with Crippen molar-refractivity contribution in [1.82, 2.24) is 5.32 Å². The molecular formula is C20H19N3O3. The number of imide groups is 1. The van der Waals surface area contributed by atoms with Gasteiger partial charge in [-0.15, -0.1) is 0 Å². The molecule has 2 aliphatic rings. The lowest BCUT2D eigenvalue weighted by atomic mass is 9.96. The highest BCUT2D eigenvalue weighted by molar-refractivity contribution is 6.31. The van der Waals surface area contributed by atoms with Gasteiger partial charge in [0.25, 0.3) is 11.8 Å². The van der Waals surface area contributed by atoms with Crippen molar-refractivity contribution in [3.63, 3.8) is 0 Å². The van der Waals surface area contributed by atoms with E-state index in [1.165, 1.54) is 0 Å². The zero-order chi connectivity index (χ0) is 17.9. The quantitative estimate of drug-likeness (QED) is 0.657. The molecule has 6 heteroatoms. The van der Waals surface area contributed by atoms with Crippen LogP contribution in [0.5, 0.6) is 0 Å². The Balaban J connectivity index is 1.53. The molecule has 2 aromatic rings. The first-order valence-electron chi connectivity index (χ1n) is 8.57. The van der Waals surface area contributed by atoms with Crippen molar-refractivity contribution in [1.29, 1.82) is 0 Å². The van der Waals surface area contributed by atoms with Crippen molar-refractivity contribution in [3.05, 3.63) is 65.9 Å². The van der Waals surface area contributed by atoms with Gasteiger partial charge in [0.15, 0.2) is 0 Å². The maximum atomic E-state index is 12.2. The summed E-state index contributed by atoms with van der Waals surface area (Å²) >= 11 is 0. The van der Waals surface area contributed by atoms with Crippen molar-refractivity contribution in [2.75, 3.05) is 36.5 Å². The number of nitrogens with one attached hydrogen (secondary N) is 2. The maximum Gasteiger partial charge on any atom is 0.260 e. The first-order valence-corrected chi connectivity index (χ1v) is 8.57. The third-order valence-corrected chi connectivity index (χ3v) is 4.56. The van der Waals surface area contributed by atoms with E-state index in [9.17, 15) is 9.59 Å². The second-order valence-electron chi connectivity index (χ2n) is 6.18. The molecule has 2 heterocycles. The normalized spacial score (nSPS) is 18.5. The number of fused-ring (bicyclic) bond motifs is 1. The Kier molecular flexibility index (Phi) is 4.41. The maximum absolute atomic E-state index is 12.2. The van der Waals surface area contributed by atoms with Crippen molar-refractivity contribution >= 4 is 28.8 Å². The molecule has 1 saturated heterocycles. The Hall–Kier alpha value is -3.12. The highest BCUT2D eigenvalue weighted by atomic mass is 16.5. The molecule has 132 valence electrons. The summed E-state index contributed by atoms with van der Waals surface area (Å²) < 4.78 is 5.37. The van der Waals surface area contributed by atoms with Gasteiger partial charge in [0, 0.05) is 41.8 Å². The molecule has 0 unspecified atom stereocenters. The van der Waals surface area contributed by atoms with Crippen LogP contribution in [-0.4, -0.2) is 38.1 Å². The fraction of sp³-hybridized carbons (Fsp3) is 0.200. The highest BCUT2D eigenvalue weighted by Gasteiger charge is 2.26. The van der Waals surface area contributed by atoms with Crippen LogP contribution in [-0.2, 0) is 9.53 Å². The number of ether oxygens (including phenoxy) is 1. The average Bonchev–Trinajstić information content (AvgIpc) is 2.69.